The summed E-state index contributed by atoms with van der Waals surface area (Å²) in [6, 6.07) is 14.4. The van der Waals surface area contributed by atoms with Gasteiger partial charge in [0.15, 0.2) is 0 Å². The van der Waals surface area contributed by atoms with Gasteiger partial charge in [-0.2, -0.15) is 0 Å². The number of hydrogen-bond acceptors (Lipinski definition) is 4. The van der Waals surface area contributed by atoms with Gasteiger partial charge >= 0.3 is 5.97 Å². The standard InChI is InChI=1S/C20H17ClN2O4/c1-12(24)27-18-19(26)23-11-17(25)22(2)16-9-8-14(21)10-15(16)20(18,23)13-6-4-3-5-7-13/h3-10,18H,11H2,1-2H3/t18-,20+/m1/s1. The lowest BCUT2D eigenvalue weighted by molar-refractivity contribution is -0.194. The number of likely N-dealkylation sites (N-methyl/N-ethyl adjacent to an activating group) is 1. The first-order chi connectivity index (χ1) is 12.9. The third-order valence-corrected chi connectivity index (χ3v) is 5.43. The van der Waals surface area contributed by atoms with Crippen molar-refractivity contribution >= 4 is 35.1 Å². The number of amides is 2. The van der Waals surface area contributed by atoms with Gasteiger partial charge in [0, 0.05) is 30.2 Å². The summed E-state index contributed by atoms with van der Waals surface area (Å²) in [7, 11) is 1.66. The van der Waals surface area contributed by atoms with Gasteiger partial charge < -0.3 is 14.5 Å². The minimum absolute atomic E-state index is 0.117. The number of esters is 1. The van der Waals surface area contributed by atoms with E-state index >= 15 is 0 Å². The van der Waals surface area contributed by atoms with Crippen molar-refractivity contribution in [2.24, 2.45) is 0 Å². The maximum Gasteiger partial charge on any atom is 0.303 e. The number of carbonyl (C=O) groups is 3. The highest BCUT2D eigenvalue weighted by Gasteiger charge is 2.66. The van der Waals surface area contributed by atoms with Crippen molar-refractivity contribution in [3.8, 4) is 0 Å². The van der Waals surface area contributed by atoms with Crippen LogP contribution >= 0.6 is 11.6 Å². The Morgan fingerprint density at radius 2 is 1.89 bits per heavy atom. The van der Waals surface area contributed by atoms with E-state index in [1.807, 2.05) is 30.3 Å². The van der Waals surface area contributed by atoms with E-state index in [-0.39, 0.29) is 12.5 Å². The Balaban J connectivity index is 2.06. The fraction of sp³-hybridized carbons (Fsp3) is 0.250. The molecule has 6 nitrogen and oxygen atoms in total. The molecule has 2 atom stereocenters. The molecule has 138 valence electrons. The number of halogens is 1. The summed E-state index contributed by atoms with van der Waals surface area (Å²) in [4.78, 5) is 40.3. The van der Waals surface area contributed by atoms with Crippen molar-refractivity contribution in [3.05, 3.63) is 64.7 Å². The molecule has 27 heavy (non-hydrogen) atoms. The number of benzene rings is 2. The molecule has 2 aromatic rings. The van der Waals surface area contributed by atoms with E-state index in [4.69, 9.17) is 16.3 Å². The van der Waals surface area contributed by atoms with Crippen LogP contribution in [0.3, 0.4) is 0 Å². The molecule has 0 aromatic heterocycles. The van der Waals surface area contributed by atoms with Crippen molar-refractivity contribution in [1.29, 1.82) is 0 Å². The van der Waals surface area contributed by atoms with Crippen LogP contribution in [-0.4, -0.2) is 42.4 Å². The van der Waals surface area contributed by atoms with E-state index < -0.39 is 23.5 Å². The zero-order chi connectivity index (χ0) is 19.3. The predicted molar refractivity (Wildman–Crippen MR) is 99.4 cm³/mol. The van der Waals surface area contributed by atoms with E-state index in [9.17, 15) is 14.4 Å². The van der Waals surface area contributed by atoms with Gasteiger partial charge in [0.2, 0.25) is 12.0 Å². The SMILES string of the molecule is CC(=O)O[C@@H]1C(=O)N2CC(=O)N(C)c3ccc(Cl)cc3[C@@]12c1ccccc1. The van der Waals surface area contributed by atoms with Crippen LogP contribution in [0.25, 0.3) is 0 Å². The number of β-lactam (4-membered cyclic amide) rings is 1. The maximum atomic E-state index is 12.9. The highest BCUT2D eigenvalue weighted by atomic mass is 35.5. The van der Waals surface area contributed by atoms with Gasteiger partial charge in [0.05, 0.1) is 0 Å². The molecule has 2 aliphatic heterocycles. The van der Waals surface area contributed by atoms with Crippen LogP contribution in [0, 0.1) is 0 Å². The largest absolute Gasteiger partial charge is 0.449 e. The first-order valence-electron chi connectivity index (χ1n) is 8.48. The Labute approximate surface area is 161 Å². The summed E-state index contributed by atoms with van der Waals surface area (Å²) in [6.45, 7) is 1.15. The molecule has 7 heteroatoms. The molecule has 2 amide bonds. The normalized spacial score (nSPS) is 23.9. The average Bonchev–Trinajstić information content (AvgIpc) is 2.73. The number of ether oxygens (including phenoxy) is 1. The molecule has 4 rings (SSSR count). The van der Waals surface area contributed by atoms with Crippen molar-refractivity contribution in [3.63, 3.8) is 0 Å². The van der Waals surface area contributed by atoms with Crippen LogP contribution in [0.4, 0.5) is 5.69 Å². The summed E-state index contributed by atoms with van der Waals surface area (Å²) in [5, 5.41) is 0.465. The molecule has 2 heterocycles. The molecule has 2 aromatic carbocycles. The molecule has 0 unspecified atom stereocenters. The highest BCUT2D eigenvalue weighted by Crippen LogP contribution is 2.53. The van der Waals surface area contributed by atoms with Gasteiger partial charge in [-0.25, -0.2) is 0 Å². The van der Waals surface area contributed by atoms with Gasteiger partial charge in [0.1, 0.15) is 12.1 Å². The van der Waals surface area contributed by atoms with Crippen molar-refractivity contribution in [1.82, 2.24) is 4.90 Å². The molecule has 0 saturated carbocycles. The number of hydrogen-bond donors (Lipinski definition) is 0. The quantitative estimate of drug-likeness (QED) is 0.588. The first-order valence-corrected chi connectivity index (χ1v) is 8.86. The summed E-state index contributed by atoms with van der Waals surface area (Å²) >= 11 is 6.28. The average molecular weight is 385 g/mol. The Hall–Kier alpha value is -2.86. The lowest BCUT2D eigenvalue weighted by Gasteiger charge is -2.55. The molecule has 1 fully saturated rings. The summed E-state index contributed by atoms with van der Waals surface area (Å²) in [5.41, 5.74) is 0.924. The number of fused-ring (bicyclic) bond motifs is 3. The fourth-order valence-electron chi connectivity index (χ4n) is 4.00. The van der Waals surface area contributed by atoms with Crippen LogP contribution in [0.1, 0.15) is 18.1 Å². The third-order valence-electron chi connectivity index (χ3n) is 5.19. The van der Waals surface area contributed by atoms with Gasteiger partial charge in [-0.15, -0.1) is 0 Å². The van der Waals surface area contributed by atoms with E-state index in [0.29, 0.717) is 16.3 Å². The molecular formula is C20H17ClN2O4. The highest BCUT2D eigenvalue weighted by molar-refractivity contribution is 6.30. The second-order valence-electron chi connectivity index (χ2n) is 6.66. The topological polar surface area (TPSA) is 66.9 Å². The van der Waals surface area contributed by atoms with Crippen molar-refractivity contribution < 1.29 is 19.1 Å². The van der Waals surface area contributed by atoms with Crippen LogP contribution < -0.4 is 4.90 Å². The zero-order valence-electron chi connectivity index (χ0n) is 14.8. The second kappa shape index (κ2) is 6.09. The number of anilines is 1. The van der Waals surface area contributed by atoms with Crippen LogP contribution in [0.5, 0.6) is 0 Å². The molecule has 0 spiro atoms. The molecule has 2 aliphatic rings. The van der Waals surface area contributed by atoms with Gasteiger partial charge in [-0.05, 0) is 23.8 Å². The summed E-state index contributed by atoms with van der Waals surface area (Å²) in [5.74, 6) is -1.19. The Morgan fingerprint density at radius 1 is 1.19 bits per heavy atom. The third kappa shape index (κ3) is 2.36. The second-order valence-corrected chi connectivity index (χ2v) is 7.10. The van der Waals surface area contributed by atoms with Crippen LogP contribution in [0.15, 0.2) is 48.5 Å². The Bertz CT molecular complexity index is 962. The van der Waals surface area contributed by atoms with Crippen molar-refractivity contribution in [2.45, 2.75) is 18.6 Å². The monoisotopic (exact) mass is 384 g/mol. The number of rotatable bonds is 2. The fourth-order valence-corrected chi connectivity index (χ4v) is 4.17. The lowest BCUT2D eigenvalue weighted by atomic mass is 9.69. The van der Waals surface area contributed by atoms with E-state index in [2.05, 4.69) is 0 Å². The van der Waals surface area contributed by atoms with E-state index in [1.165, 1.54) is 16.7 Å². The first kappa shape index (κ1) is 17.5. The lowest BCUT2D eigenvalue weighted by Crippen LogP contribution is -2.73. The minimum atomic E-state index is -1.11. The summed E-state index contributed by atoms with van der Waals surface area (Å²) in [6.07, 6.45) is -1.06. The maximum absolute atomic E-state index is 12.9. The number of carbonyl (C=O) groups excluding carboxylic acids is 3. The molecule has 0 radical (unpaired) electrons. The smallest absolute Gasteiger partial charge is 0.303 e. The molecule has 0 bridgehead atoms. The van der Waals surface area contributed by atoms with Crippen LogP contribution in [0.2, 0.25) is 5.02 Å². The van der Waals surface area contributed by atoms with E-state index in [0.717, 1.165) is 5.56 Å². The zero-order valence-corrected chi connectivity index (χ0v) is 15.6. The Morgan fingerprint density at radius 3 is 2.56 bits per heavy atom. The molecular weight excluding hydrogens is 368 g/mol. The van der Waals surface area contributed by atoms with Crippen molar-refractivity contribution in [2.75, 3.05) is 18.5 Å². The number of nitrogens with zero attached hydrogens (tertiary/aromatic N) is 2. The van der Waals surface area contributed by atoms with Gasteiger partial charge in [-0.1, -0.05) is 41.9 Å². The summed E-state index contributed by atoms with van der Waals surface area (Å²) < 4.78 is 5.45. The van der Waals surface area contributed by atoms with Gasteiger partial charge in [-0.3, -0.25) is 14.4 Å². The molecule has 0 N–H and O–H groups in total. The predicted octanol–water partition coefficient (Wildman–Crippen LogP) is 2.33. The molecule has 0 aliphatic carbocycles. The Kier molecular flexibility index (Phi) is 3.96. The molecule has 1 saturated heterocycles. The minimum Gasteiger partial charge on any atom is -0.449 e. The van der Waals surface area contributed by atoms with Crippen LogP contribution in [-0.2, 0) is 24.7 Å². The van der Waals surface area contributed by atoms with Gasteiger partial charge in [0.25, 0.3) is 5.91 Å². The van der Waals surface area contributed by atoms with E-state index in [1.54, 1.807) is 25.2 Å².